The van der Waals surface area contributed by atoms with Gasteiger partial charge in [-0.25, -0.2) is 4.79 Å². The van der Waals surface area contributed by atoms with E-state index < -0.39 is 18.5 Å². The standard InChI is InChI=1S/C25H28N4O3S/c1-15(2)13-29-16(3)9-18(17(29)4)10-19(11-26)25(31)32-14-23(30)28-24-21(12-27)20-7-5-6-8-22(20)33-24/h9-10,15H,5-8,13-14H2,1-4H3,(H,28,30)/b19-10+. The van der Waals surface area contributed by atoms with E-state index in [-0.39, 0.29) is 5.57 Å². The fourth-order valence-corrected chi connectivity index (χ4v) is 5.31. The first-order valence-corrected chi connectivity index (χ1v) is 11.9. The normalized spacial score (nSPS) is 13.2. The topological polar surface area (TPSA) is 108 Å². The van der Waals surface area contributed by atoms with Crippen LogP contribution < -0.4 is 5.32 Å². The molecule has 0 unspecified atom stereocenters. The summed E-state index contributed by atoms with van der Waals surface area (Å²) in [5.74, 6) is -0.931. The van der Waals surface area contributed by atoms with Crippen LogP contribution in [0.2, 0.25) is 0 Å². The van der Waals surface area contributed by atoms with Crippen molar-refractivity contribution in [1.29, 1.82) is 10.5 Å². The molecule has 0 radical (unpaired) electrons. The molecule has 1 amide bonds. The van der Waals surface area contributed by atoms with Gasteiger partial charge in [0.1, 0.15) is 22.7 Å². The van der Waals surface area contributed by atoms with Gasteiger partial charge in [-0.05, 0) is 68.7 Å². The quantitative estimate of drug-likeness (QED) is 0.364. The van der Waals surface area contributed by atoms with Crippen LogP contribution in [-0.4, -0.2) is 23.1 Å². The lowest BCUT2D eigenvalue weighted by atomic mass is 9.96. The largest absolute Gasteiger partial charge is 0.451 e. The number of rotatable bonds is 7. The first kappa shape index (κ1) is 24.3. The number of amides is 1. The highest BCUT2D eigenvalue weighted by Crippen LogP contribution is 2.37. The molecule has 2 heterocycles. The molecule has 0 fully saturated rings. The number of carbonyl (C=O) groups is 2. The summed E-state index contributed by atoms with van der Waals surface area (Å²) in [7, 11) is 0. The number of nitrogens with zero attached hydrogens (tertiary/aromatic N) is 3. The summed E-state index contributed by atoms with van der Waals surface area (Å²) in [6.07, 6.45) is 5.36. The number of hydrogen-bond acceptors (Lipinski definition) is 6. The molecule has 3 rings (SSSR count). The third-order valence-corrected chi connectivity index (χ3v) is 6.88. The number of nitriles is 2. The van der Waals surface area contributed by atoms with Crippen molar-refractivity contribution in [2.24, 2.45) is 5.92 Å². The Labute approximate surface area is 198 Å². The molecule has 0 saturated heterocycles. The molecule has 2 aromatic rings. The summed E-state index contributed by atoms with van der Waals surface area (Å²) < 4.78 is 7.24. The summed E-state index contributed by atoms with van der Waals surface area (Å²) in [6.45, 7) is 8.50. The van der Waals surface area contributed by atoms with E-state index in [0.717, 1.165) is 59.6 Å². The fourth-order valence-electron chi connectivity index (χ4n) is 4.06. The Morgan fingerprint density at radius 3 is 2.67 bits per heavy atom. The molecule has 0 saturated carbocycles. The molecule has 1 N–H and O–H groups in total. The maximum absolute atomic E-state index is 12.4. The smallest absolute Gasteiger partial charge is 0.349 e. The Hall–Kier alpha value is -3.36. The Kier molecular flexibility index (Phi) is 7.73. The second kappa shape index (κ2) is 10.5. The Balaban J connectivity index is 1.66. The minimum atomic E-state index is -0.854. The number of fused-ring (bicyclic) bond motifs is 1. The van der Waals surface area contributed by atoms with Crippen LogP contribution in [0.4, 0.5) is 5.00 Å². The number of esters is 1. The van der Waals surface area contributed by atoms with Crippen molar-refractivity contribution >= 4 is 34.3 Å². The van der Waals surface area contributed by atoms with Crippen LogP contribution in [0.3, 0.4) is 0 Å². The lowest BCUT2D eigenvalue weighted by molar-refractivity contribution is -0.142. The van der Waals surface area contributed by atoms with E-state index in [1.54, 1.807) is 0 Å². The number of nitrogens with one attached hydrogen (secondary N) is 1. The summed E-state index contributed by atoms with van der Waals surface area (Å²) in [5.41, 5.74) is 4.13. The first-order valence-electron chi connectivity index (χ1n) is 11.0. The molecule has 0 aromatic carbocycles. The first-order chi connectivity index (χ1) is 15.7. The highest BCUT2D eigenvalue weighted by atomic mass is 32.1. The average Bonchev–Trinajstić information content (AvgIpc) is 3.26. The summed E-state index contributed by atoms with van der Waals surface area (Å²) >= 11 is 1.41. The van der Waals surface area contributed by atoms with E-state index in [2.05, 4.69) is 29.8 Å². The van der Waals surface area contributed by atoms with Gasteiger partial charge in [-0.2, -0.15) is 10.5 Å². The maximum atomic E-state index is 12.4. The zero-order valence-electron chi connectivity index (χ0n) is 19.4. The highest BCUT2D eigenvalue weighted by molar-refractivity contribution is 7.16. The monoisotopic (exact) mass is 464 g/mol. The molecule has 172 valence electrons. The number of thiophene rings is 1. The lowest BCUT2D eigenvalue weighted by Crippen LogP contribution is -2.21. The number of hydrogen-bond donors (Lipinski definition) is 1. The summed E-state index contributed by atoms with van der Waals surface area (Å²) in [5, 5.41) is 22.2. The summed E-state index contributed by atoms with van der Waals surface area (Å²) in [6, 6.07) is 5.99. The minimum absolute atomic E-state index is 0.170. The second-order valence-electron chi connectivity index (χ2n) is 8.65. The number of aryl methyl sites for hydroxylation is 2. The molecular formula is C25H28N4O3S. The second-order valence-corrected chi connectivity index (χ2v) is 9.76. The summed E-state index contributed by atoms with van der Waals surface area (Å²) in [4.78, 5) is 26.0. The SMILES string of the molecule is Cc1cc(/C=C(\C#N)C(=O)OCC(=O)Nc2sc3c(c2C#N)CCCC3)c(C)n1CC(C)C. The van der Waals surface area contributed by atoms with Crippen molar-refractivity contribution in [3.63, 3.8) is 0 Å². The highest BCUT2D eigenvalue weighted by Gasteiger charge is 2.22. The number of ether oxygens (including phenoxy) is 1. The van der Waals surface area contributed by atoms with Crippen molar-refractivity contribution in [3.05, 3.63) is 44.6 Å². The zero-order valence-corrected chi connectivity index (χ0v) is 20.3. The van der Waals surface area contributed by atoms with E-state index in [1.807, 2.05) is 26.0 Å². The van der Waals surface area contributed by atoms with Gasteiger partial charge >= 0.3 is 5.97 Å². The van der Waals surface area contributed by atoms with Gasteiger partial charge in [0, 0.05) is 22.8 Å². The molecular weight excluding hydrogens is 436 g/mol. The molecule has 8 heteroatoms. The van der Waals surface area contributed by atoms with E-state index in [0.29, 0.717) is 16.5 Å². The molecule has 7 nitrogen and oxygen atoms in total. The van der Waals surface area contributed by atoms with Gasteiger partial charge in [0.25, 0.3) is 5.91 Å². The van der Waals surface area contributed by atoms with Gasteiger partial charge in [-0.15, -0.1) is 11.3 Å². The van der Waals surface area contributed by atoms with Crippen LogP contribution >= 0.6 is 11.3 Å². The van der Waals surface area contributed by atoms with Crippen molar-refractivity contribution in [2.75, 3.05) is 11.9 Å². The van der Waals surface area contributed by atoms with Crippen LogP contribution in [0.1, 0.15) is 59.6 Å². The zero-order chi connectivity index (χ0) is 24.1. The van der Waals surface area contributed by atoms with Crippen LogP contribution in [0.5, 0.6) is 0 Å². The van der Waals surface area contributed by atoms with Gasteiger partial charge in [-0.1, -0.05) is 13.8 Å². The molecule has 33 heavy (non-hydrogen) atoms. The number of anilines is 1. The van der Waals surface area contributed by atoms with Crippen molar-refractivity contribution in [1.82, 2.24) is 4.57 Å². The Morgan fingerprint density at radius 1 is 1.27 bits per heavy atom. The van der Waals surface area contributed by atoms with E-state index in [1.165, 1.54) is 17.4 Å². The lowest BCUT2D eigenvalue weighted by Gasteiger charge is -2.12. The van der Waals surface area contributed by atoms with Crippen molar-refractivity contribution < 1.29 is 14.3 Å². The van der Waals surface area contributed by atoms with Gasteiger partial charge in [-0.3, -0.25) is 4.79 Å². The average molecular weight is 465 g/mol. The van der Waals surface area contributed by atoms with Crippen molar-refractivity contribution in [3.8, 4) is 12.1 Å². The van der Waals surface area contributed by atoms with Gasteiger partial charge in [0.15, 0.2) is 6.61 Å². The van der Waals surface area contributed by atoms with Gasteiger partial charge in [0.05, 0.1) is 5.56 Å². The molecule has 0 spiro atoms. The van der Waals surface area contributed by atoms with Gasteiger partial charge < -0.3 is 14.6 Å². The van der Waals surface area contributed by atoms with Gasteiger partial charge in [0.2, 0.25) is 0 Å². The van der Waals surface area contributed by atoms with Crippen LogP contribution in [0.25, 0.3) is 6.08 Å². The van der Waals surface area contributed by atoms with Crippen LogP contribution in [0, 0.1) is 42.4 Å². The van der Waals surface area contributed by atoms with E-state index >= 15 is 0 Å². The third-order valence-electron chi connectivity index (χ3n) is 5.67. The van der Waals surface area contributed by atoms with E-state index in [4.69, 9.17) is 4.74 Å². The molecule has 0 bridgehead atoms. The number of aromatic nitrogens is 1. The molecule has 1 aliphatic carbocycles. The van der Waals surface area contributed by atoms with Crippen LogP contribution in [-0.2, 0) is 33.7 Å². The maximum Gasteiger partial charge on any atom is 0.349 e. The molecule has 0 aliphatic heterocycles. The fraction of sp³-hybridized carbons (Fsp3) is 0.440. The van der Waals surface area contributed by atoms with Crippen molar-refractivity contribution in [2.45, 2.75) is 59.9 Å². The molecule has 2 aromatic heterocycles. The predicted molar refractivity (Wildman–Crippen MR) is 128 cm³/mol. The van der Waals surface area contributed by atoms with Crippen LogP contribution in [0.15, 0.2) is 11.6 Å². The minimum Gasteiger partial charge on any atom is -0.451 e. The Morgan fingerprint density at radius 2 is 2.00 bits per heavy atom. The molecule has 0 atom stereocenters. The predicted octanol–water partition coefficient (Wildman–Crippen LogP) is 4.66. The number of carbonyl (C=O) groups excluding carboxylic acids is 2. The molecule has 1 aliphatic rings. The van der Waals surface area contributed by atoms with E-state index in [9.17, 15) is 20.1 Å². The Bertz CT molecular complexity index is 1190. The third kappa shape index (κ3) is 5.53.